The fourth-order valence-corrected chi connectivity index (χ4v) is 2.95. The minimum absolute atomic E-state index is 0.0673. The topological polar surface area (TPSA) is 69.0 Å². The van der Waals surface area contributed by atoms with Gasteiger partial charge in [-0.1, -0.05) is 18.2 Å². The summed E-state index contributed by atoms with van der Waals surface area (Å²) in [6.07, 6.45) is 3.83. The van der Waals surface area contributed by atoms with Crippen molar-refractivity contribution in [2.45, 2.75) is 25.5 Å². The van der Waals surface area contributed by atoms with Crippen LogP contribution in [0.4, 0.5) is 11.6 Å². The molecule has 3 aromatic rings. The minimum Gasteiger partial charge on any atom is -0.376 e. The molecule has 1 aliphatic rings. The van der Waals surface area contributed by atoms with E-state index in [9.17, 15) is 4.79 Å². The predicted molar refractivity (Wildman–Crippen MR) is 92.5 cm³/mol. The van der Waals surface area contributed by atoms with E-state index in [4.69, 9.17) is 4.74 Å². The van der Waals surface area contributed by atoms with Gasteiger partial charge in [0, 0.05) is 29.9 Å². The number of pyridine rings is 1. The Hall–Kier alpha value is -2.73. The van der Waals surface area contributed by atoms with E-state index in [1.165, 1.54) is 0 Å². The van der Waals surface area contributed by atoms with Crippen LogP contribution < -0.4 is 10.9 Å². The molecule has 6 nitrogen and oxygen atoms in total. The Morgan fingerprint density at radius 3 is 2.88 bits per heavy atom. The molecule has 1 saturated heterocycles. The van der Waals surface area contributed by atoms with E-state index in [0.717, 1.165) is 30.5 Å². The van der Waals surface area contributed by atoms with Crippen molar-refractivity contribution in [2.24, 2.45) is 0 Å². The van der Waals surface area contributed by atoms with Crippen LogP contribution in [-0.4, -0.2) is 27.2 Å². The van der Waals surface area contributed by atoms with Gasteiger partial charge in [0.25, 0.3) is 5.56 Å². The first kappa shape index (κ1) is 14.8. The number of fused-ring (bicyclic) bond motifs is 1. The van der Waals surface area contributed by atoms with E-state index in [0.29, 0.717) is 18.1 Å². The third-order valence-electron chi connectivity index (χ3n) is 4.16. The molecule has 2 aromatic heterocycles. The number of rotatable bonds is 4. The summed E-state index contributed by atoms with van der Waals surface area (Å²) in [6, 6.07) is 13.0. The molecule has 0 amide bonds. The Morgan fingerprint density at radius 2 is 2.08 bits per heavy atom. The highest BCUT2D eigenvalue weighted by atomic mass is 16.5. The number of ether oxygens (including phenoxy) is 1. The molecule has 1 unspecified atom stereocenters. The van der Waals surface area contributed by atoms with E-state index in [1.807, 2.05) is 30.3 Å². The molecule has 0 radical (unpaired) electrons. The summed E-state index contributed by atoms with van der Waals surface area (Å²) in [5.74, 6) is 0.473. The molecule has 1 fully saturated rings. The number of aromatic nitrogens is 3. The third kappa shape index (κ3) is 3.00. The first-order chi connectivity index (χ1) is 11.8. The number of anilines is 2. The zero-order valence-electron chi connectivity index (χ0n) is 13.2. The van der Waals surface area contributed by atoms with Crippen molar-refractivity contribution in [1.29, 1.82) is 0 Å². The van der Waals surface area contributed by atoms with Crippen LogP contribution in [0.5, 0.6) is 0 Å². The predicted octanol–water partition coefficient (Wildman–Crippen LogP) is 2.71. The van der Waals surface area contributed by atoms with Gasteiger partial charge < -0.3 is 10.1 Å². The zero-order valence-corrected chi connectivity index (χ0v) is 13.2. The van der Waals surface area contributed by atoms with Crippen molar-refractivity contribution in [1.82, 2.24) is 14.5 Å². The molecule has 1 aliphatic heterocycles. The van der Waals surface area contributed by atoms with Crippen LogP contribution in [0.2, 0.25) is 0 Å². The first-order valence-corrected chi connectivity index (χ1v) is 8.10. The molecule has 1 N–H and O–H groups in total. The van der Waals surface area contributed by atoms with Gasteiger partial charge >= 0.3 is 0 Å². The molecule has 1 aromatic carbocycles. The molecule has 6 heteroatoms. The number of nitrogens with zero attached hydrogens (tertiary/aromatic N) is 3. The lowest BCUT2D eigenvalue weighted by Gasteiger charge is -2.14. The monoisotopic (exact) mass is 322 g/mol. The van der Waals surface area contributed by atoms with Gasteiger partial charge in [0.2, 0.25) is 5.95 Å². The van der Waals surface area contributed by atoms with E-state index < -0.39 is 0 Å². The van der Waals surface area contributed by atoms with Crippen molar-refractivity contribution in [3.63, 3.8) is 0 Å². The van der Waals surface area contributed by atoms with E-state index in [2.05, 4.69) is 15.3 Å². The van der Waals surface area contributed by atoms with Crippen LogP contribution in [0, 0.1) is 0 Å². The molecule has 122 valence electrons. The molecule has 24 heavy (non-hydrogen) atoms. The Labute approximate surface area is 139 Å². The van der Waals surface area contributed by atoms with Gasteiger partial charge in [-0.05, 0) is 31.0 Å². The highest BCUT2D eigenvalue weighted by Gasteiger charge is 2.18. The second kappa shape index (κ2) is 6.41. The molecule has 1 atom stereocenters. The third-order valence-corrected chi connectivity index (χ3v) is 4.16. The lowest BCUT2D eigenvalue weighted by atomic mass is 10.2. The van der Waals surface area contributed by atoms with Crippen molar-refractivity contribution in [3.8, 4) is 0 Å². The summed E-state index contributed by atoms with van der Waals surface area (Å²) in [4.78, 5) is 21.2. The van der Waals surface area contributed by atoms with Crippen molar-refractivity contribution >= 4 is 22.7 Å². The largest absolute Gasteiger partial charge is 0.376 e. The minimum atomic E-state index is -0.0673. The quantitative estimate of drug-likeness (QED) is 0.800. The summed E-state index contributed by atoms with van der Waals surface area (Å²) in [5, 5.41) is 4.01. The van der Waals surface area contributed by atoms with Crippen LogP contribution in [0.15, 0.2) is 53.5 Å². The highest BCUT2D eigenvalue weighted by Crippen LogP contribution is 2.18. The Bertz CT molecular complexity index is 902. The van der Waals surface area contributed by atoms with Crippen LogP contribution in [0.25, 0.3) is 11.0 Å². The van der Waals surface area contributed by atoms with E-state index >= 15 is 0 Å². The van der Waals surface area contributed by atoms with Gasteiger partial charge in [0.1, 0.15) is 5.65 Å². The van der Waals surface area contributed by atoms with Gasteiger partial charge in [-0.25, -0.2) is 4.98 Å². The number of hydrogen-bond acceptors (Lipinski definition) is 5. The molecular formula is C18H18N4O2. The summed E-state index contributed by atoms with van der Waals surface area (Å²) in [6.45, 7) is 1.29. The van der Waals surface area contributed by atoms with Gasteiger partial charge in [-0.15, -0.1) is 0 Å². The van der Waals surface area contributed by atoms with Gasteiger partial charge in [0.05, 0.1) is 12.6 Å². The Kier molecular flexibility index (Phi) is 3.96. The van der Waals surface area contributed by atoms with Crippen LogP contribution in [0.1, 0.15) is 12.8 Å². The van der Waals surface area contributed by atoms with Crippen molar-refractivity contribution < 1.29 is 4.74 Å². The molecule has 0 bridgehead atoms. The average molecular weight is 322 g/mol. The SMILES string of the molecule is O=c1ccc2cnc(Nc3ccccc3)nc2n1CC1CCCO1. The fraction of sp³-hybridized carbons (Fsp3) is 0.278. The lowest BCUT2D eigenvalue weighted by molar-refractivity contribution is 0.0971. The maximum Gasteiger partial charge on any atom is 0.252 e. The van der Waals surface area contributed by atoms with Crippen LogP contribution >= 0.6 is 0 Å². The van der Waals surface area contributed by atoms with Gasteiger partial charge in [0.15, 0.2) is 0 Å². The molecule has 0 aliphatic carbocycles. The maximum absolute atomic E-state index is 12.3. The highest BCUT2D eigenvalue weighted by molar-refractivity contribution is 5.75. The van der Waals surface area contributed by atoms with Crippen molar-refractivity contribution in [2.75, 3.05) is 11.9 Å². The molecule has 3 heterocycles. The Balaban J connectivity index is 1.72. The maximum atomic E-state index is 12.3. The van der Waals surface area contributed by atoms with E-state index in [-0.39, 0.29) is 11.7 Å². The second-order valence-corrected chi connectivity index (χ2v) is 5.88. The van der Waals surface area contributed by atoms with Crippen LogP contribution in [0.3, 0.4) is 0 Å². The molecule has 0 saturated carbocycles. The van der Waals surface area contributed by atoms with E-state index in [1.54, 1.807) is 22.9 Å². The number of para-hydroxylation sites is 1. The summed E-state index contributed by atoms with van der Waals surface area (Å²) in [5.41, 5.74) is 1.47. The van der Waals surface area contributed by atoms with Crippen molar-refractivity contribution in [3.05, 3.63) is 59.0 Å². The van der Waals surface area contributed by atoms with Gasteiger partial charge in [-0.2, -0.15) is 4.98 Å². The number of nitrogens with one attached hydrogen (secondary N) is 1. The number of hydrogen-bond donors (Lipinski definition) is 1. The van der Waals surface area contributed by atoms with Crippen LogP contribution in [-0.2, 0) is 11.3 Å². The molecule has 4 rings (SSSR count). The second-order valence-electron chi connectivity index (χ2n) is 5.88. The van der Waals surface area contributed by atoms with Gasteiger partial charge in [-0.3, -0.25) is 9.36 Å². The smallest absolute Gasteiger partial charge is 0.252 e. The standard InChI is InChI=1S/C18H18N4O2/c23-16-9-8-13-11-19-18(20-14-5-2-1-3-6-14)21-17(13)22(16)12-15-7-4-10-24-15/h1-3,5-6,8-9,11,15H,4,7,10,12H2,(H,19,20,21). The number of benzene rings is 1. The lowest BCUT2D eigenvalue weighted by Crippen LogP contribution is -2.26. The summed E-state index contributed by atoms with van der Waals surface area (Å²) >= 11 is 0. The normalized spacial score (nSPS) is 17.2. The zero-order chi connectivity index (χ0) is 16.4. The fourth-order valence-electron chi connectivity index (χ4n) is 2.95. The first-order valence-electron chi connectivity index (χ1n) is 8.10. The summed E-state index contributed by atoms with van der Waals surface area (Å²) in [7, 11) is 0. The summed E-state index contributed by atoms with van der Waals surface area (Å²) < 4.78 is 7.35. The Morgan fingerprint density at radius 1 is 1.21 bits per heavy atom. The average Bonchev–Trinajstić information content (AvgIpc) is 3.12. The molecular weight excluding hydrogens is 304 g/mol. The molecule has 0 spiro atoms.